The normalized spacial score (nSPS) is 15.0. The minimum atomic E-state index is -5.03. The fraction of sp³-hybridized carbons (Fsp3) is 0.566. The zero-order valence-electron chi connectivity index (χ0n) is 62.4. The van der Waals surface area contributed by atoms with Crippen LogP contribution in [0.25, 0.3) is 0 Å². The molecular formula is C83H130O17P2. The summed E-state index contributed by atoms with van der Waals surface area (Å²) in [6, 6.07) is 0. The highest BCUT2D eigenvalue weighted by Gasteiger charge is 2.30. The fourth-order valence-electron chi connectivity index (χ4n) is 8.94. The summed E-state index contributed by atoms with van der Waals surface area (Å²) < 4.78 is 68.2. The number of rotatable bonds is 68. The quantitative estimate of drug-likeness (QED) is 0.0169. The number of phosphoric ester groups is 2. The van der Waals surface area contributed by atoms with E-state index in [-0.39, 0.29) is 25.7 Å². The number of aliphatic hydroxyl groups excluding tert-OH is 1. The molecule has 0 aromatic heterocycles. The summed E-state index contributed by atoms with van der Waals surface area (Å²) in [6.07, 6.45) is 89.1. The Morgan fingerprint density at radius 1 is 0.294 bits per heavy atom. The van der Waals surface area contributed by atoms with Gasteiger partial charge in [0.2, 0.25) is 0 Å². The van der Waals surface area contributed by atoms with E-state index in [0.717, 1.165) is 154 Å². The van der Waals surface area contributed by atoms with Crippen molar-refractivity contribution in [2.75, 3.05) is 39.6 Å². The lowest BCUT2D eigenvalue weighted by molar-refractivity contribution is -0.161. The van der Waals surface area contributed by atoms with Crippen LogP contribution in [0.1, 0.15) is 246 Å². The molecule has 0 aliphatic rings. The van der Waals surface area contributed by atoms with Crippen LogP contribution < -0.4 is 0 Å². The van der Waals surface area contributed by atoms with Crippen LogP contribution in [0.15, 0.2) is 194 Å². The van der Waals surface area contributed by atoms with Gasteiger partial charge in [-0.2, -0.15) is 0 Å². The maximum absolute atomic E-state index is 13.1. The molecule has 0 aliphatic carbocycles. The van der Waals surface area contributed by atoms with E-state index >= 15 is 0 Å². The molecule has 0 heterocycles. The number of carbonyl (C=O) groups excluding carboxylic acids is 4. The van der Waals surface area contributed by atoms with E-state index in [1.165, 1.54) is 6.42 Å². The Morgan fingerprint density at radius 3 is 0.941 bits per heavy atom. The Bertz CT molecular complexity index is 2700. The topological polar surface area (TPSA) is 237 Å². The molecule has 3 N–H and O–H groups in total. The van der Waals surface area contributed by atoms with Crippen molar-refractivity contribution in [3.63, 3.8) is 0 Å². The third-order valence-electron chi connectivity index (χ3n) is 14.6. The summed E-state index contributed by atoms with van der Waals surface area (Å²) in [6.45, 7) is 4.20. The molecule has 17 nitrogen and oxygen atoms in total. The molecular weight excluding hydrogens is 1330 g/mol. The maximum atomic E-state index is 13.1. The third-order valence-corrected chi connectivity index (χ3v) is 16.5. The highest BCUT2D eigenvalue weighted by Crippen LogP contribution is 2.45. The average Bonchev–Trinajstić information content (AvgIpc) is 0.939. The van der Waals surface area contributed by atoms with Gasteiger partial charge in [-0.15, -0.1) is 0 Å². The van der Waals surface area contributed by atoms with Gasteiger partial charge < -0.3 is 33.8 Å². The SMILES string of the molecule is CC/C=C\C/C=C\C/C=C\C/C=C\C/C=C\C/C=C\CCC(=O)OCC(COP(=O)(O)OCC(O)COP(=O)(O)OCC(COC(=O)CCCCCC/C=C\C/C=C\C/C=C\C/C=C\CC)OC(=O)CCCCCCC/C=C\CCCC)OC(=O)C/C=C\C/C=C\C/C=C\C/C=C\C/C=C\CC. The standard InChI is InChI=1S/C83H130O17P2/c1-5-9-13-17-21-25-29-32-35-37-38-40-43-45-49-52-56-60-64-68-81(86)94-74-79(100-83(88)70-66-62-58-54-50-46-41-34-31-27-23-19-15-11-7-3)76-98-102(91,92)96-72-77(84)71-95-101(89,90)97-75-78(99-82(87)69-65-61-57-53-47-28-24-20-16-12-8-4)73-93-80(85)67-63-59-55-51-48-44-42-39-36-33-30-26-22-18-14-10-6-2/h9-11,13-15,20-27,32-36,38,40-42,44-45,49-50,54,56,60,62,66,77-79,84H,5-8,12,16-19,28-31,37,39,43,46-48,51-53,55,57-59,61,63-65,67-76H2,1-4H3,(H,89,90)(H,91,92)/b13-9-,14-10-,15-11-,24-20-,25-21-,26-22-,27-23-,35-32-,36-33-,40-38-,41-34-,44-42-,49-45-,54-50-,60-56-,66-62-. The molecule has 5 unspecified atom stereocenters. The number of hydrogen-bond acceptors (Lipinski definition) is 15. The van der Waals surface area contributed by atoms with Crippen molar-refractivity contribution >= 4 is 39.5 Å². The fourth-order valence-corrected chi connectivity index (χ4v) is 10.5. The van der Waals surface area contributed by atoms with Gasteiger partial charge in [-0.3, -0.25) is 37.3 Å². The first-order chi connectivity index (χ1) is 49.7. The molecule has 0 aromatic carbocycles. The van der Waals surface area contributed by atoms with Crippen LogP contribution in [0.5, 0.6) is 0 Å². The smallest absolute Gasteiger partial charge is 0.462 e. The molecule has 0 rings (SSSR count). The van der Waals surface area contributed by atoms with E-state index in [1.807, 2.05) is 30.4 Å². The minimum Gasteiger partial charge on any atom is -0.462 e. The zero-order valence-corrected chi connectivity index (χ0v) is 64.2. The molecule has 574 valence electrons. The molecule has 0 aromatic rings. The molecule has 0 amide bonds. The molecule has 0 saturated heterocycles. The molecule has 0 bridgehead atoms. The van der Waals surface area contributed by atoms with Gasteiger partial charge >= 0.3 is 39.5 Å². The van der Waals surface area contributed by atoms with Crippen LogP contribution in [0.3, 0.4) is 0 Å². The molecule has 0 saturated carbocycles. The van der Waals surface area contributed by atoms with Crippen molar-refractivity contribution in [2.45, 2.75) is 264 Å². The summed E-state index contributed by atoms with van der Waals surface area (Å²) in [5.41, 5.74) is 0. The molecule has 0 radical (unpaired) electrons. The number of allylic oxidation sites excluding steroid dienone is 31. The first-order valence-electron chi connectivity index (χ1n) is 37.7. The van der Waals surface area contributed by atoms with Gasteiger partial charge in [0.05, 0.1) is 32.8 Å². The van der Waals surface area contributed by atoms with E-state index in [9.17, 15) is 43.2 Å². The van der Waals surface area contributed by atoms with Gasteiger partial charge in [-0.1, -0.05) is 267 Å². The van der Waals surface area contributed by atoms with Crippen LogP contribution in [0, 0.1) is 0 Å². The number of hydrogen-bond donors (Lipinski definition) is 3. The lowest BCUT2D eigenvalue weighted by Crippen LogP contribution is -2.30. The average molecular weight is 1460 g/mol. The summed E-state index contributed by atoms with van der Waals surface area (Å²) in [5, 5.41) is 10.6. The van der Waals surface area contributed by atoms with Crippen LogP contribution in [-0.4, -0.2) is 96.7 Å². The lowest BCUT2D eigenvalue weighted by Gasteiger charge is -2.21. The van der Waals surface area contributed by atoms with Crippen molar-refractivity contribution in [3.05, 3.63) is 194 Å². The predicted molar refractivity (Wildman–Crippen MR) is 417 cm³/mol. The number of esters is 4. The van der Waals surface area contributed by atoms with E-state index in [0.29, 0.717) is 32.1 Å². The number of ether oxygens (including phenoxy) is 4. The summed E-state index contributed by atoms with van der Waals surface area (Å²) in [4.78, 5) is 72.7. The van der Waals surface area contributed by atoms with Crippen molar-refractivity contribution in [1.29, 1.82) is 0 Å². The Kier molecular flexibility index (Phi) is 68.8. The Balaban J connectivity index is 5.51. The zero-order chi connectivity index (χ0) is 74.6. The first kappa shape index (κ1) is 95.9. The second kappa shape index (κ2) is 73.2. The minimum absolute atomic E-state index is 0.00826. The van der Waals surface area contributed by atoms with Crippen molar-refractivity contribution in [1.82, 2.24) is 0 Å². The third kappa shape index (κ3) is 72.3. The number of aliphatic hydroxyl groups is 1. The molecule has 0 aliphatic heterocycles. The largest absolute Gasteiger partial charge is 0.472 e. The van der Waals surface area contributed by atoms with Gasteiger partial charge in [0.1, 0.15) is 19.3 Å². The van der Waals surface area contributed by atoms with Crippen molar-refractivity contribution in [3.8, 4) is 0 Å². The number of carbonyl (C=O) groups is 4. The summed E-state index contributed by atoms with van der Waals surface area (Å²) in [7, 11) is -10.0. The van der Waals surface area contributed by atoms with Gasteiger partial charge in [0, 0.05) is 19.3 Å². The molecule has 0 fully saturated rings. The van der Waals surface area contributed by atoms with Gasteiger partial charge in [-0.05, 0) is 148 Å². The summed E-state index contributed by atoms with van der Waals surface area (Å²) in [5.74, 6) is -2.49. The van der Waals surface area contributed by atoms with Gasteiger partial charge in [0.15, 0.2) is 12.2 Å². The molecule has 19 heteroatoms. The van der Waals surface area contributed by atoms with E-state index in [1.54, 1.807) is 12.2 Å². The number of unbranched alkanes of at least 4 members (excludes halogenated alkanes) is 11. The van der Waals surface area contributed by atoms with Gasteiger partial charge in [0.25, 0.3) is 0 Å². The highest BCUT2D eigenvalue weighted by molar-refractivity contribution is 7.47. The van der Waals surface area contributed by atoms with E-state index < -0.39 is 97.5 Å². The van der Waals surface area contributed by atoms with Gasteiger partial charge in [-0.25, -0.2) is 9.13 Å². The Hall–Kier alpha value is -6.10. The van der Waals surface area contributed by atoms with Crippen LogP contribution in [0.2, 0.25) is 0 Å². The Morgan fingerprint density at radius 2 is 0.569 bits per heavy atom. The van der Waals surface area contributed by atoms with Crippen molar-refractivity contribution in [2.24, 2.45) is 0 Å². The summed E-state index contributed by atoms with van der Waals surface area (Å²) >= 11 is 0. The number of phosphoric acid groups is 2. The molecule has 0 spiro atoms. The van der Waals surface area contributed by atoms with Crippen LogP contribution in [-0.2, 0) is 65.4 Å². The van der Waals surface area contributed by atoms with Crippen molar-refractivity contribution < 1.29 is 80.2 Å². The highest BCUT2D eigenvalue weighted by atomic mass is 31.2. The van der Waals surface area contributed by atoms with Crippen LogP contribution in [0.4, 0.5) is 0 Å². The second-order valence-electron chi connectivity index (χ2n) is 24.1. The second-order valence-corrected chi connectivity index (χ2v) is 27.0. The van der Waals surface area contributed by atoms with Crippen LogP contribution >= 0.6 is 15.6 Å². The first-order valence-corrected chi connectivity index (χ1v) is 40.7. The molecule has 102 heavy (non-hydrogen) atoms. The predicted octanol–water partition coefficient (Wildman–Crippen LogP) is 21.8. The van der Waals surface area contributed by atoms with E-state index in [2.05, 4.69) is 180 Å². The lowest BCUT2D eigenvalue weighted by atomic mass is 10.1. The molecule has 5 atom stereocenters. The van der Waals surface area contributed by atoms with E-state index in [4.69, 9.17) is 37.0 Å². The Labute approximate surface area is 615 Å². The maximum Gasteiger partial charge on any atom is 0.472 e. The monoisotopic (exact) mass is 1460 g/mol.